The highest BCUT2D eigenvalue weighted by atomic mass is 35.5. The number of nitrogens with one attached hydrogen (secondary N) is 2. The van der Waals surface area contributed by atoms with E-state index in [0.29, 0.717) is 0 Å². The lowest BCUT2D eigenvalue weighted by Gasteiger charge is -2.13. The van der Waals surface area contributed by atoms with Crippen LogP contribution in [0.4, 0.5) is 0 Å². The molecule has 1 unspecified atom stereocenters. The van der Waals surface area contributed by atoms with Crippen molar-refractivity contribution in [2.75, 3.05) is 13.2 Å². The van der Waals surface area contributed by atoms with Crippen molar-refractivity contribution in [3.8, 4) is 0 Å². The van der Waals surface area contributed by atoms with Gasteiger partial charge in [-0.25, -0.2) is 4.79 Å². The quantitative estimate of drug-likeness (QED) is 0.566. The molecule has 0 aromatic heterocycles. The van der Waals surface area contributed by atoms with Gasteiger partial charge in [0.1, 0.15) is 6.04 Å². The molecule has 0 aliphatic carbocycles. The summed E-state index contributed by atoms with van der Waals surface area (Å²) < 4.78 is 0. The Labute approximate surface area is 125 Å². The van der Waals surface area contributed by atoms with Crippen LogP contribution in [-0.4, -0.2) is 47.2 Å². The Hall–Kier alpha value is -2.12. The third-order valence-electron chi connectivity index (χ3n) is 2.58. The van der Waals surface area contributed by atoms with Gasteiger partial charge in [-0.2, -0.15) is 0 Å². The van der Waals surface area contributed by atoms with Gasteiger partial charge in [0.15, 0.2) is 0 Å². The minimum absolute atomic E-state index is 0.112. The molecule has 21 heavy (non-hydrogen) atoms. The van der Waals surface area contributed by atoms with Crippen molar-refractivity contribution < 1.29 is 24.6 Å². The van der Waals surface area contributed by atoms with E-state index in [0.717, 1.165) is 0 Å². The molecular weight excluding hydrogens is 300 g/mol. The van der Waals surface area contributed by atoms with Crippen LogP contribution in [0.2, 0.25) is 5.02 Å². The zero-order valence-corrected chi connectivity index (χ0v) is 11.8. The molecule has 7 nitrogen and oxygen atoms in total. The number of carboxylic acid groups (broad SMARTS) is 1. The summed E-state index contributed by atoms with van der Waals surface area (Å²) >= 11 is 5.83. The number of carbonyl (C=O) groups excluding carboxylic acids is 2. The highest BCUT2D eigenvalue weighted by Crippen LogP contribution is 2.14. The van der Waals surface area contributed by atoms with Gasteiger partial charge in [-0.1, -0.05) is 23.7 Å². The minimum atomic E-state index is -1.25. The first-order chi connectivity index (χ1) is 9.95. The summed E-state index contributed by atoms with van der Waals surface area (Å²) in [5.74, 6) is -2.46. The van der Waals surface area contributed by atoms with E-state index in [9.17, 15) is 14.4 Å². The van der Waals surface area contributed by atoms with Crippen LogP contribution in [0.25, 0.3) is 0 Å². The number of halogens is 1. The first-order valence-corrected chi connectivity index (χ1v) is 6.49. The molecule has 1 rings (SSSR count). The fraction of sp³-hybridized carbons (Fsp3) is 0.308. The summed E-state index contributed by atoms with van der Waals surface area (Å²) in [7, 11) is 0. The standard InChI is InChI=1S/C13H15ClN2O5/c14-9-4-2-1-3-8(9)12(19)15-7-11(18)16-10(5-6-17)13(20)21/h1-4,10,17H,5-7H2,(H,15,19)(H,16,18)(H,20,21). The molecule has 0 bridgehead atoms. The van der Waals surface area contributed by atoms with Gasteiger partial charge < -0.3 is 20.8 Å². The van der Waals surface area contributed by atoms with Crippen molar-refractivity contribution in [1.82, 2.24) is 10.6 Å². The van der Waals surface area contributed by atoms with Crippen LogP contribution < -0.4 is 10.6 Å². The summed E-state index contributed by atoms with van der Waals surface area (Å²) in [6.07, 6.45) is -0.112. The van der Waals surface area contributed by atoms with E-state index >= 15 is 0 Å². The molecule has 0 fully saturated rings. The first-order valence-electron chi connectivity index (χ1n) is 6.11. The summed E-state index contributed by atoms with van der Waals surface area (Å²) in [5, 5.41) is 22.3. The van der Waals surface area contributed by atoms with Crippen LogP contribution in [0, 0.1) is 0 Å². The lowest BCUT2D eigenvalue weighted by Crippen LogP contribution is -2.45. The monoisotopic (exact) mass is 314 g/mol. The minimum Gasteiger partial charge on any atom is -0.480 e. The number of carbonyl (C=O) groups is 3. The highest BCUT2D eigenvalue weighted by Gasteiger charge is 2.19. The Morgan fingerprint density at radius 2 is 1.90 bits per heavy atom. The van der Waals surface area contributed by atoms with E-state index in [2.05, 4.69) is 10.6 Å². The van der Waals surface area contributed by atoms with E-state index in [1.165, 1.54) is 12.1 Å². The molecule has 1 aromatic rings. The smallest absolute Gasteiger partial charge is 0.326 e. The molecule has 0 aliphatic rings. The maximum absolute atomic E-state index is 11.8. The van der Waals surface area contributed by atoms with Crippen molar-refractivity contribution >= 4 is 29.4 Å². The van der Waals surface area contributed by atoms with E-state index in [4.69, 9.17) is 21.8 Å². The average Bonchev–Trinajstić information content (AvgIpc) is 2.44. The van der Waals surface area contributed by atoms with Crippen LogP contribution >= 0.6 is 11.6 Å². The molecule has 2 amide bonds. The molecule has 4 N–H and O–H groups in total. The Morgan fingerprint density at radius 1 is 1.24 bits per heavy atom. The van der Waals surface area contributed by atoms with E-state index in [1.54, 1.807) is 12.1 Å². The van der Waals surface area contributed by atoms with Crippen molar-refractivity contribution in [1.29, 1.82) is 0 Å². The zero-order valence-electron chi connectivity index (χ0n) is 11.0. The summed E-state index contributed by atoms with van der Waals surface area (Å²) in [6.45, 7) is -0.761. The Balaban J connectivity index is 2.51. The van der Waals surface area contributed by atoms with Crippen molar-refractivity contribution in [2.45, 2.75) is 12.5 Å². The molecule has 0 heterocycles. The fourth-order valence-electron chi connectivity index (χ4n) is 1.53. The van der Waals surface area contributed by atoms with Crippen LogP contribution in [0.5, 0.6) is 0 Å². The number of hydrogen-bond donors (Lipinski definition) is 4. The average molecular weight is 315 g/mol. The second kappa shape index (κ2) is 8.23. The Morgan fingerprint density at radius 3 is 2.48 bits per heavy atom. The Bertz CT molecular complexity index is 535. The molecule has 0 saturated carbocycles. The number of carboxylic acids is 1. The number of rotatable bonds is 7. The van der Waals surface area contributed by atoms with Crippen LogP contribution in [0.1, 0.15) is 16.8 Å². The maximum atomic E-state index is 11.8. The number of amides is 2. The summed E-state index contributed by atoms with van der Waals surface area (Å²) in [4.78, 5) is 34.1. The number of aliphatic hydroxyl groups excluding tert-OH is 1. The molecule has 114 valence electrons. The Kier molecular flexibility index (Phi) is 6.64. The van der Waals surface area contributed by atoms with Gasteiger partial charge in [0, 0.05) is 13.0 Å². The SMILES string of the molecule is O=C(CNC(=O)c1ccccc1Cl)NC(CCO)C(=O)O. The summed E-state index contributed by atoms with van der Waals surface area (Å²) in [5.41, 5.74) is 0.220. The van der Waals surface area contributed by atoms with Crippen LogP contribution in [0.3, 0.4) is 0 Å². The molecule has 1 aromatic carbocycles. The molecular formula is C13H15ClN2O5. The largest absolute Gasteiger partial charge is 0.480 e. The van der Waals surface area contributed by atoms with Gasteiger partial charge in [0.2, 0.25) is 5.91 Å². The predicted molar refractivity (Wildman–Crippen MR) is 75.1 cm³/mol. The molecule has 0 spiro atoms. The van der Waals surface area contributed by atoms with Crippen molar-refractivity contribution in [3.05, 3.63) is 34.9 Å². The second-order valence-corrected chi connectivity index (χ2v) is 4.54. The van der Waals surface area contributed by atoms with Crippen molar-refractivity contribution in [3.63, 3.8) is 0 Å². The van der Waals surface area contributed by atoms with E-state index in [1.807, 2.05) is 0 Å². The van der Waals surface area contributed by atoms with Gasteiger partial charge in [-0.15, -0.1) is 0 Å². The van der Waals surface area contributed by atoms with Gasteiger partial charge in [0.25, 0.3) is 5.91 Å². The highest BCUT2D eigenvalue weighted by molar-refractivity contribution is 6.33. The predicted octanol–water partition coefficient (Wildman–Crippen LogP) is 0.0216. The third-order valence-corrected chi connectivity index (χ3v) is 2.91. The molecule has 0 saturated heterocycles. The topological polar surface area (TPSA) is 116 Å². The van der Waals surface area contributed by atoms with Gasteiger partial charge >= 0.3 is 5.97 Å². The van der Waals surface area contributed by atoms with Crippen LogP contribution in [-0.2, 0) is 9.59 Å². The van der Waals surface area contributed by atoms with Crippen molar-refractivity contribution in [2.24, 2.45) is 0 Å². The fourth-order valence-corrected chi connectivity index (χ4v) is 1.75. The lowest BCUT2D eigenvalue weighted by atomic mass is 10.2. The second-order valence-electron chi connectivity index (χ2n) is 4.13. The summed E-state index contributed by atoms with van der Waals surface area (Å²) in [6, 6.07) is 5.14. The van der Waals surface area contributed by atoms with Gasteiger partial charge in [0.05, 0.1) is 17.1 Å². The molecule has 1 atom stereocenters. The normalized spacial score (nSPS) is 11.5. The van der Waals surface area contributed by atoms with Gasteiger partial charge in [-0.05, 0) is 12.1 Å². The number of aliphatic hydroxyl groups is 1. The maximum Gasteiger partial charge on any atom is 0.326 e. The lowest BCUT2D eigenvalue weighted by molar-refractivity contribution is -0.142. The van der Waals surface area contributed by atoms with E-state index in [-0.39, 0.29) is 30.2 Å². The van der Waals surface area contributed by atoms with Gasteiger partial charge in [-0.3, -0.25) is 9.59 Å². The number of aliphatic carboxylic acids is 1. The number of hydrogen-bond acceptors (Lipinski definition) is 4. The molecule has 0 aliphatic heterocycles. The molecule has 8 heteroatoms. The third kappa shape index (κ3) is 5.41. The molecule has 0 radical (unpaired) electrons. The zero-order chi connectivity index (χ0) is 15.8. The van der Waals surface area contributed by atoms with Crippen LogP contribution in [0.15, 0.2) is 24.3 Å². The first kappa shape index (κ1) is 16.9. The van der Waals surface area contributed by atoms with E-state index < -0.39 is 23.8 Å². The number of benzene rings is 1.